The molecule has 4 nitrogen and oxygen atoms in total. The van der Waals surface area contributed by atoms with Crippen LogP contribution in [0.2, 0.25) is 10.2 Å². The number of nitrogens with zero attached hydrogens (tertiary/aromatic N) is 2. The van der Waals surface area contributed by atoms with E-state index in [-0.39, 0.29) is 18.6 Å². The summed E-state index contributed by atoms with van der Waals surface area (Å²) in [7, 11) is 1.70. The van der Waals surface area contributed by atoms with Crippen LogP contribution in [0.1, 0.15) is 23.3 Å². The molecule has 1 fully saturated rings. The third-order valence-electron chi connectivity index (χ3n) is 2.92. The predicted molar refractivity (Wildman–Crippen MR) is 66.6 cm³/mol. The first kappa shape index (κ1) is 12.7. The molecule has 1 aromatic rings. The predicted octanol–water partition coefficient (Wildman–Crippen LogP) is 1.93. The molecule has 1 aromatic heterocycles. The topological polar surface area (TPSA) is 45.5 Å². The molecule has 94 valence electrons. The summed E-state index contributed by atoms with van der Waals surface area (Å²) in [6.45, 7) is 0.318. The molecule has 1 saturated carbocycles. The molecule has 6 heteroatoms. The van der Waals surface area contributed by atoms with Crippen molar-refractivity contribution < 1.29 is 9.90 Å². The Morgan fingerprint density at radius 2 is 2.24 bits per heavy atom. The molecule has 1 N–H and O–H groups in total. The van der Waals surface area contributed by atoms with E-state index in [0.29, 0.717) is 22.4 Å². The molecule has 0 radical (unpaired) electrons. The molecule has 0 bridgehead atoms. The van der Waals surface area contributed by atoms with E-state index in [2.05, 4.69) is 0 Å². The van der Waals surface area contributed by atoms with E-state index in [1.54, 1.807) is 22.6 Å². The van der Waals surface area contributed by atoms with Crippen LogP contribution in [-0.2, 0) is 7.05 Å². The Labute approximate surface area is 110 Å². The van der Waals surface area contributed by atoms with Gasteiger partial charge in [-0.05, 0) is 18.9 Å². The van der Waals surface area contributed by atoms with Crippen LogP contribution >= 0.6 is 23.2 Å². The van der Waals surface area contributed by atoms with Gasteiger partial charge < -0.3 is 14.6 Å². The first-order chi connectivity index (χ1) is 8.06. The summed E-state index contributed by atoms with van der Waals surface area (Å²) in [5, 5.41) is 9.71. The number of amides is 1. The maximum Gasteiger partial charge on any atom is 0.270 e. The van der Waals surface area contributed by atoms with E-state index < -0.39 is 0 Å². The zero-order valence-electron chi connectivity index (χ0n) is 9.49. The van der Waals surface area contributed by atoms with Crippen LogP contribution < -0.4 is 0 Å². The molecule has 17 heavy (non-hydrogen) atoms. The standard InChI is InChI=1S/C11H14Cl2N2O2/c1-14-9(6-8(12)10(14)13)11(17)15(4-5-16)7-2-3-7/h6-7,16H,2-5H2,1H3. The summed E-state index contributed by atoms with van der Waals surface area (Å²) in [6.07, 6.45) is 2.00. The van der Waals surface area contributed by atoms with Gasteiger partial charge in [-0.25, -0.2) is 0 Å². The fourth-order valence-electron chi connectivity index (χ4n) is 1.84. The SMILES string of the molecule is Cn1c(C(=O)N(CCO)C2CC2)cc(Cl)c1Cl. The number of aromatic nitrogens is 1. The van der Waals surface area contributed by atoms with Crippen molar-refractivity contribution in [2.24, 2.45) is 7.05 Å². The first-order valence-corrected chi connectivity index (χ1v) is 6.24. The van der Waals surface area contributed by atoms with Gasteiger partial charge in [0.1, 0.15) is 10.8 Å². The van der Waals surface area contributed by atoms with Gasteiger partial charge in [0.15, 0.2) is 0 Å². The number of carbonyl (C=O) groups excluding carboxylic acids is 1. The molecule has 1 aliphatic carbocycles. The summed E-state index contributed by atoms with van der Waals surface area (Å²) in [6, 6.07) is 1.82. The number of aliphatic hydroxyl groups excluding tert-OH is 1. The van der Waals surface area contributed by atoms with E-state index in [1.807, 2.05) is 0 Å². The normalized spacial score (nSPS) is 15.1. The molecule has 0 aliphatic heterocycles. The lowest BCUT2D eigenvalue weighted by Crippen LogP contribution is -2.36. The van der Waals surface area contributed by atoms with Crippen molar-refractivity contribution in [2.45, 2.75) is 18.9 Å². The van der Waals surface area contributed by atoms with E-state index in [9.17, 15) is 4.79 Å². The Kier molecular flexibility index (Phi) is 3.66. The number of halogens is 2. The van der Waals surface area contributed by atoms with E-state index in [0.717, 1.165) is 12.8 Å². The monoisotopic (exact) mass is 276 g/mol. The second-order valence-corrected chi connectivity index (χ2v) is 4.95. The highest BCUT2D eigenvalue weighted by Crippen LogP contribution is 2.30. The highest BCUT2D eigenvalue weighted by atomic mass is 35.5. The number of carbonyl (C=O) groups is 1. The lowest BCUT2D eigenvalue weighted by molar-refractivity contribution is 0.0698. The maximum absolute atomic E-state index is 12.3. The lowest BCUT2D eigenvalue weighted by atomic mass is 10.3. The van der Waals surface area contributed by atoms with Crippen LogP contribution in [0.15, 0.2) is 6.07 Å². The van der Waals surface area contributed by atoms with Crippen molar-refractivity contribution in [1.29, 1.82) is 0 Å². The molecule has 0 aromatic carbocycles. The lowest BCUT2D eigenvalue weighted by Gasteiger charge is -2.21. The van der Waals surface area contributed by atoms with Crippen LogP contribution in [-0.4, -0.2) is 39.7 Å². The van der Waals surface area contributed by atoms with Gasteiger partial charge in [-0.15, -0.1) is 0 Å². The molecular weight excluding hydrogens is 263 g/mol. The average molecular weight is 277 g/mol. The van der Waals surface area contributed by atoms with Gasteiger partial charge in [0.2, 0.25) is 0 Å². The third kappa shape index (κ3) is 2.44. The number of aliphatic hydroxyl groups is 1. The Morgan fingerprint density at radius 3 is 2.65 bits per heavy atom. The first-order valence-electron chi connectivity index (χ1n) is 5.48. The Hall–Kier alpha value is -0.710. The molecular formula is C11H14Cl2N2O2. The molecule has 0 atom stereocenters. The zero-order valence-corrected chi connectivity index (χ0v) is 11.0. The summed E-state index contributed by atoms with van der Waals surface area (Å²) in [5.74, 6) is -0.127. The quantitative estimate of drug-likeness (QED) is 0.914. The van der Waals surface area contributed by atoms with Crippen LogP contribution in [0.3, 0.4) is 0 Å². The van der Waals surface area contributed by atoms with Crippen LogP contribution in [0.5, 0.6) is 0 Å². The molecule has 1 amide bonds. The second-order valence-electron chi connectivity index (χ2n) is 4.18. The summed E-state index contributed by atoms with van der Waals surface area (Å²) in [4.78, 5) is 14.0. The highest BCUT2D eigenvalue weighted by Gasteiger charge is 2.34. The third-order valence-corrected chi connectivity index (χ3v) is 3.77. The maximum atomic E-state index is 12.3. The average Bonchev–Trinajstić information content (AvgIpc) is 3.10. The van der Waals surface area contributed by atoms with Crippen molar-refractivity contribution in [3.63, 3.8) is 0 Å². The van der Waals surface area contributed by atoms with Gasteiger partial charge in [0.05, 0.1) is 11.6 Å². The van der Waals surface area contributed by atoms with Crippen LogP contribution in [0.25, 0.3) is 0 Å². The largest absolute Gasteiger partial charge is 0.395 e. The van der Waals surface area contributed by atoms with Crippen LogP contribution in [0, 0.1) is 0 Å². The summed E-state index contributed by atoms with van der Waals surface area (Å²) < 4.78 is 1.57. The van der Waals surface area contributed by atoms with Crippen molar-refractivity contribution in [3.8, 4) is 0 Å². The molecule has 2 rings (SSSR count). The van der Waals surface area contributed by atoms with E-state index in [4.69, 9.17) is 28.3 Å². The van der Waals surface area contributed by atoms with Gasteiger partial charge in [0.25, 0.3) is 5.91 Å². The van der Waals surface area contributed by atoms with Crippen molar-refractivity contribution in [1.82, 2.24) is 9.47 Å². The summed E-state index contributed by atoms with van der Waals surface area (Å²) >= 11 is 11.8. The smallest absolute Gasteiger partial charge is 0.270 e. The number of hydrogen-bond donors (Lipinski definition) is 1. The Bertz CT molecular complexity index is 441. The van der Waals surface area contributed by atoms with E-state index >= 15 is 0 Å². The molecule has 1 aliphatic rings. The van der Waals surface area contributed by atoms with Crippen molar-refractivity contribution in [3.05, 3.63) is 21.9 Å². The minimum Gasteiger partial charge on any atom is -0.395 e. The number of rotatable bonds is 4. The van der Waals surface area contributed by atoms with Gasteiger partial charge in [-0.3, -0.25) is 4.79 Å². The molecule has 0 saturated heterocycles. The van der Waals surface area contributed by atoms with E-state index in [1.165, 1.54) is 0 Å². The molecule has 0 spiro atoms. The second kappa shape index (κ2) is 4.88. The summed E-state index contributed by atoms with van der Waals surface area (Å²) in [5.41, 5.74) is 0.459. The minimum absolute atomic E-state index is 0.0336. The fourth-order valence-corrected chi connectivity index (χ4v) is 2.21. The van der Waals surface area contributed by atoms with Crippen molar-refractivity contribution in [2.75, 3.05) is 13.2 Å². The minimum atomic E-state index is -0.127. The van der Waals surface area contributed by atoms with Gasteiger partial charge in [-0.1, -0.05) is 23.2 Å². The van der Waals surface area contributed by atoms with Crippen molar-refractivity contribution >= 4 is 29.1 Å². The molecule has 0 unspecified atom stereocenters. The van der Waals surface area contributed by atoms with Crippen LogP contribution in [0.4, 0.5) is 0 Å². The van der Waals surface area contributed by atoms with Gasteiger partial charge in [-0.2, -0.15) is 0 Å². The van der Waals surface area contributed by atoms with Gasteiger partial charge in [0, 0.05) is 19.6 Å². The van der Waals surface area contributed by atoms with Gasteiger partial charge >= 0.3 is 0 Å². The zero-order chi connectivity index (χ0) is 12.6. The fraction of sp³-hybridized carbons (Fsp3) is 0.545. The Balaban J connectivity index is 2.25. The Morgan fingerprint density at radius 1 is 1.59 bits per heavy atom. The molecule has 1 heterocycles. The highest BCUT2D eigenvalue weighted by molar-refractivity contribution is 6.41. The number of hydrogen-bond acceptors (Lipinski definition) is 2.